The van der Waals surface area contributed by atoms with Crippen molar-refractivity contribution in [2.45, 2.75) is 88.4 Å². The van der Waals surface area contributed by atoms with E-state index in [9.17, 15) is 4.79 Å². The molecule has 0 atom stereocenters. The Labute approximate surface area is 208 Å². The Hall–Kier alpha value is -1.86. The van der Waals surface area contributed by atoms with Crippen molar-refractivity contribution in [1.29, 1.82) is 0 Å². The first kappa shape index (κ1) is 25.2. The minimum atomic E-state index is -0.216. The maximum Gasteiger partial charge on any atom is 0.305 e. The Morgan fingerprint density at radius 3 is 2.09 bits per heavy atom. The van der Waals surface area contributed by atoms with Crippen molar-refractivity contribution in [3.8, 4) is 11.1 Å². The van der Waals surface area contributed by atoms with Gasteiger partial charge in [0.25, 0.3) is 0 Å². The Morgan fingerprint density at radius 1 is 0.882 bits per heavy atom. The molecule has 34 heavy (non-hydrogen) atoms. The molecule has 2 saturated carbocycles. The first-order chi connectivity index (χ1) is 16.6. The highest BCUT2D eigenvalue weighted by atomic mass is 31.1. The van der Waals surface area contributed by atoms with Crippen LogP contribution in [0.25, 0.3) is 11.1 Å². The van der Waals surface area contributed by atoms with Crippen molar-refractivity contribution in [3.63, 3.8) is 0 Å². The Kier molecular flexibility index (Phi) is 9.06. The number of rotatable bonds is 8. The number of ether oxygens (including phenoxy) is 1. The predicted molar refractivity (Wildman–Crippen MR) is 147 cm³/mol. The number of hydrogen-bond acceptors (Lipinski definition) is 3. The second kappa shape index (κ2) is 12.2. The number of nitrogens with zero attached hydrogens (tertiary/aromatic N) is 1. The van der Waals surface area contributed by atoms with Gasteiger partial charge in [0, 0.05) is 31.8 Å². The third-order valence-electron chi connectivity index (χ3n) is 7.82. The minimum Gasteiger partial charge on any atom is -0.469 e. The van der Waals surface area contributed by atoms with Crippen molar-refractivity contribution >= 4 is 24.9 Å². The summed E-state index contributed by atoms with van der Waals surface area (Å²) in [5, 5.41) is 1.62. The summed E-state index contributed by atoms with van der Waals surface area (Å²) < 4.78 is 4.97. The third kappa shape index (κ3) is 5.85. The first-order valence-electron chi connectivity index (χ1n) is 13.3. The van der Waals surface area contributed by atoms with Gasteiger partial charge in [-0.2, -0.15) is 0 Å². The number of carbonyl (C=O) groups excluding carboxylic acids is 1. The molecule has 2 aromatic carbocycles. The topological polar surface area (TPSA) is 29.5 Å². The molecule has 2 aliphatic rings. The molecule has 3 nitrogen and oxygen atoms in total. The average molecular weight is 480 g/mol. The van der Waals surface area contributed by atoms with Gasteiger partial charge in [-0.3, -0.25) is 4.79 Å². The van der Waals surface area contributed by atoms with E-state index in [4.69, 9.17) is 4.74 Å². The minimum absolute atomic E-state index is 0.138. The molecular formula is C30H42NO2P. The Balaban J connectivity index is 1.82. The molecule has 0 aromatic heterocycles. The molecule has 0 saturated heterocycles. The zero-order valence-corrected chi connectivity index (χ0v) is 22.3. The summed E-state index contributed by atoms with van der Waals surface area (Å²) in [5.41, 5.74) is 6.96. The predicted octanol–water partition coefficient (Wildman–Crippen LogP) is 7.30. The van der Waals surface area contributed by atoms with Crippen LogP contribution in [0, 0.1) is 0 Å². The molecule has 2 aromatic rings. The van der Waals surface area contributed by atoms with Crippen LogP contribution >= 0.6 is 7.92 Å². The highest BCUT2D eigenvalue weighted by molar-refractivity contribution is 7.67. The molecule has 2 aliphatic carbocycles. The Bertz CT molecular complexity index is 927. The van der Waals surface area contributed by atoms with Crippen LogP contribution in [0.3, 0.4) is 0 Å². The lowest BCUT2D eigenvalue weighted by Gasteiger charge is -2.40. The number of carbonyl (C=O) groups is 1. The van der Waals surface area contributed by atoms with E-state index in [1.165, 1.54) is 93.7 Å². The van der Waals surface area contributed by atoms with Crippen molar-refractivity contribution in [2.75, 3.05) is 26.1 Å². The van der Waals surface area contributed by atoms with Gasteiger partial charge in [-0.1, -0.05) is 82.8 Å². The molecule has 0 bridgehead atoms. The number of esters is 1. The van der Waals surface area contributed by atoms with Gasteiger partial charge in [0.05, 0.1) is 7.11 Å². The fourth-order valence-corrected chi connectivity index (χ4v) is 10.1. The second-order valence-corrected chi connectivity index (χ2v) is 13.0. The van der Waals surface area contributed by atoms with Gasteiger partial charge in [-0.05, 0) is 65.9 Å². The summed E-state index contributed by atoms with van der Waals surface area (Å²) in [6.45, 7) is 0. The molecule has 2 fully saturated rings. The standard InChI is InChI=1S/C30H42NO2P/c1-31(2)27-19-12-13-23(21-22-29(32)33-3)30(27)26-18-10-11-20-28(26)34(24-14-6-4-7-15-24)25-16-8-5-9-17-25/h10-13,18-20,24-25H,4-9,14-17,21-22H2,1-3H3. The molecule has 4 rings (SSSR count). The summed E-state index contributed by atoms with van der Waals surface area (Å²) in [4.78, 5) is 14.2. The van der Waals surface area contributed by atoms with Gasteiger partial charge in [-0.25, -0.2) is 0 Å². The molecular weight excluding hydrogens is 437 g/mol. The van der Waals surface area contributed by atoms with Gasteiger partial charge >= 0.3 is 5.97 Å². The second-order valence-electron chi connectivity index (χ2n) is 10.3. The van der Waals surface area contributed by atoms with Crippen LogP contribution in [-0.4, -0.2) is 38.5 Å². The van der Waals surface area contributed by atoms with Crippen LogP contribution in [0.1, 0.15) is 76.2 Å². The summed E-state index contributed by atoms with van der Waals surface area (Å²) in [7, 11) is 5.54. The molecule has 0 heterocycles. The third-order valence-corrected chi connectivity index (χ3v) is 11.4. The maximum absolute atomic E-state index is 12.0. The molecule has 0 aliphatic heterocycles. The van der Waals surface area contributed by atoms with Gasteiger partial charge in [0.1, 0.15) is 0 Å². The fraction of sp³-hybridized carbons (Fsp3) is 0.567. The van der Waals surface area contributed by atoms with E-state index >= 15 is 0 Å². The van der Waals surface area contributed by atoms with Gasteiger partial charge in [0.2, 0.25) is 0 Å². The van der Waals surface area contributed by atoms with Crippen molar-refractivity contribution in [1.82, 2.24) is 0 Å². The number of hydrogen-bond donors (Lipinski definition) is 0. The van der Waals surface area contributed by atoms with Crippen LogP contribution < -0.4 is 10.2 Å². The van der Waals surface area contributed by atoms with Crippen LogP contribution in [0.5, 0.6) is 0 Å². The Morgan fingerprint density at radius 2 is 1.50 bits per heavy atom. The lowest BCUT2D eigenvalue weighted by molar-refractivity contribution is -0.140. The molecule has 0 N–H and O–H groups in total. The highest BCUT2D eigenvalue weighted by Crippen LogP contribution is 2.56. The van der Waals surface area contributed by atoms with Crippen molar-refractivity contribution in [2.24, 2.45) is 0 Å². The number of benzene rings is 2. The summed E-state index contributed by atoms with van der Waals surface area (Å²) in [6.07, 6.45) is 15.2. The summed E-state index contributed by atoms with van der Waals surface area (Å²) >= 11 is 0. The SMILES string of the molecule is COC(=O)CCc1cccc(N(C)C)c1-c1ccccc1P(C1CCCCC1)C1CCCCC1. The number of anilines is 1. The monoisotopic (exact) mass is 479 g/mol. The van der Waals surface area contributed by atoms with E-state index < -0.39 is 0 Å². The van der Waals surface area contributed by atoms with Crippen LogP contribution in [0.2, 0.25) is 0 Å². The quantitative estimate of drug-likeness (QED) is 0.294. The largest absolute Gasteiger partial charge is 0.469 e. The van der Waals surface area contributed by atoms with Crippen LogP contribution in [0.15, 0.2) is 42.5 Å². The normalized spacial score (nSPS) is 17.6. The van der Waals surface area contributed by atoms with E-state index in [-0.39, 0.29) is 13.9 Å². The van der Waals surface area contributed by atoms with Crippen LogP contribution in [-0.2, 0) is 16.0 Å². The van der Waals surface area contributed by atoms with E-state index in [2.05, 4.69) is 61.5 Å². The molecule has 0 unspecified atom stereocenters. The van der Waals surface area contributed by atoms with Crippen molar-refractivity contribution < 1.29 is 9.53 Å². The highest BCUT2D eigenvalue weighted by Gasteiger charge is 2.34. The fourth-order valence-electron chi connectivity index (χ4n) is 6.14. The van der Waals surface area contributed by atoms with E-state index in [0.717, 1.165) is 11.3 Å². The number of methoxy groups -OCH3 is 1. The average Bonchev–Trinajstić information content (AvgIpc) is 2.88. The molecule has 0 amide bonds. The lowest BCUT2D eigenvalue weighted by atomic mass is 9.94. The zero-order valence-electron chi connectivity index (χ0n) is 21.4. The molecule has 0 radical (unpaired) electrons. The maximum atomic E-state index is 12.0. The van der Waals surface area contributed by atoms with Gasteiger partial charge in [0.15, 0.2) is 0 Å². The summed E-state index contributed by atoms with van der Waals surface area (Å²) in [6, 6.07) is 15.9. The van der Waals surface area contributed by atoms with Gasteiger partial charge < -0.3 is 9.64 Å². The summed E-state index contributed by atoms with van der Waals surface area (Å²) in [5.74, 6) is -0.138. The van der Waals surface area contributed by atoms with Crippen molar-refractivity contribution in [3.05, 3.63) is 48.0 Å². The lowest BCUT2D eigenvalue weighted by Crippen LogP contribution is -2.27. The van der Waals surface area contributed by atoms with E-state index in [1.807, 2.05) is 0 Å². The zero-order chi connectivity index (χ0) is 23.9. The first-order valence-corrected chi connectivity index (χ1v) is 14.8. The molecule has 4 heteroatoms. The number of aryl methyl sites for hydroxylation is 1. The molecule has 184 valence electrons. The van der Waals surface area contributed by atoms with E-state index in [1.54, 1.807) is 5.30 Å². The molecule has 0 spiro atoms. The van der Waals surface area contributed by atoms with Crippen LogP contribution in [0.4, 0.5) is 5.69 Å². The smallest absolute Gasteiger partial charge is 0.305 e. The van der Waals surface area contributed by atoms with Gasteiger partial charge in [-0.15, -0.1) is 0 Å². The van der Waals surface area contributed by atoms with E-state index in [0.29, 0.717) is 12.8 Å².